The molecule has 5 heteroatoms. The molecule has 1 heterocycles. The van der Waals surface area contributed by atoms with Crippen LogP contribution < -0.4 is 0 Å². The fraction of sp³-hybridized carbons (Fsp3) is 0.500. The Balaban J connectivity index is 2.88. The zero-order valence-corrected chi connectivity index (χ0v) is 10.5. The Bertz CT molecular complexity index is 418. The summed E-state index contributed by atoms with van der Waals surface area (Å²) in [5.41, 5.74) is -0.0395. The van der Waals surface area contributed by atoms with Crippen molar-refractivity contribution in [1.82, 2.24) is 9.97 Å². The highest BCUT2D eigenvalue weighted by Gasteiger charge is 2.21. The molecule has 0 saturated heterocycles. The number of ketones is 1. The lowest BCUT2D eigenvalue weighted by Gasteiger charge is -2.15. The summed E-state index contributed by atoms with van der Waals surface area (Å²) in [7, 11) is 0. The Labute approximate surface area is 100 Å². The Morgan fingerprint density at radius 2 is 1.76 bits per heavy atom. The van der Waals surface area contributed by atoms with Crippen molar-refractivity contribution in [1.29, 1.82) is 0 Å². The second kappa shape index (κ2) is 5.03. The van der Waals surface area contributed by atoms with Gasteiger partial charge < -0.3 is 4.74 Å². The quantitative estimate of drug-likeness (QED) is 0.452. The van der Waals surface area contributed by atoms with E-state index in [0.29, 0.717) is 5.82 Å². The van der Waals surface area contributed by atoms with Gasteiger partial charge in [-0.05, 0) is 6.92 Å². The third kappa shape index (κ3) is 3.34. The van der Waals surface area contributed by atoms with Gasteiger partial charge in [0.25, 0.3) is 5.78 Å². The summed E-state index contributed by atoms with van der Waals surface area (Å²) < 4.78 is 4.61. The number of carbonyl (C=O) groups excluding carboxylic acids is 2. The Morgan fingerprint density at radius 3 is 2.18 bits per heavy atom. The van der Waals surface area contributed by atoms with E-state index in [9.17, 15) is 9.59 Å². The van der Waals surface area contributed by atoms with Crippen molar-refractivity contribution in [2.75, 3.05) is 6.61 Å². The van der Waals surface area contributed by atoms with Crippen LogP contribution in [-0.2, 0) is 14.9 Å². The standard InChI is InChI=1S/C12H16N2O3/c1-5-17-10(16)9(15)8-6-13-11(14-7-8)12(2,3)4/h6-7H,5H2,1-4H3. The number of rotatable bonds is 3. The summed E-state index contributed by atoms with van der Waals surface area (Å²) in [5.74, 6) is -0.968. The smallest absolute Gasteiger partial charge is 0.379 e. The topological polar surface area (TPSA) is 69.2 Å². The molecule has 0 aliphatic carbocycles. The van der Waals surface area contributed by atoms with Crippen molar-refractivity contribution >= 4 is 11.8 Å². The van der Waals surface area contributed by atoms with Gasteiger partial charge in [0.05, 0.1) is 12.2 Å². The molecule has 0 aliphatic heterocycles. The van der Waals surface area contributed by atoms with Crippen LogP contribution in [0.2, 0.25) is 0 Å². The van der Waals surface area contributed by atoms with Gasteiger partial charge in [-0.3, -0.25) is 4.79 Å². The van der Waals surface area contributed by atoms with Gasteiger partial charge in [-0.25, -0.2) is 14.8 Å². The van der Waals surface area contributed by atoms with Crippen LogP contribution in [0, 0.1) is 0 Å². The predicted molar refractivity (Wildman–Crippen MR) is 61.7 cm³/mol. The third-order valence-electron chi connectivity index (χ3n) is 2.05. The van der Waals surface area contributed by atoms with Crippen molar-refractivity contribution in [2.24, 2.45) is 0 Å². The molecular formula is C12H16N2O3. The number of hydrogen-bond donors (Lipinski definition) is 0. The van der Waals surface area contributed by atoms with E-state index < -0.39 is 11.8 Å². The van der Waals surface area contributed by atoms with Crippen molar-refractivity contribution in [3.63, 3.8) is 0 Å². The molecule has 17 heavy (non-hydrogen) atoms. The van der Waals surface area contributed by atoms with E-state index in [4.69, 9.17) is 0 Å². The fourth-order valence-electron chi connectivity index (χ4n) is 1.15. The summed E-state index contributed by atoms with van der Waals surface area (Å²) in [5, 5.41) is 0. The first kappa shape index (κ1) is 13.3. The lowest BCUT2D eigenvalue weighted by Crippen LogP contribution is -2.20. The number of carbonyl (C=O) groups is 2. The summed E-state index contributed by atoms with van der Waals surface area (Å²) in [4.78, 5) is 30.9. The molecule has 0 fully saturated rings. The van der Waals surface area contributed by atoms with E-state index in [1.165, 1.54) is 12.4 Å². The molecule has 0 radical (unpaired) electrons. The van der Waals surface area contributed by atoms with Gasteiger partial charge >= 0.3 is 5.97 Å². The van der Waals surface area contributed by atoms with Gasteiger partial charge in [-0.2, -0.15) is 0 Å². The van der Waals surface area contributed by atoms with E-state index in [1.807, 2.05) is 20.8 Å². The van der Waals surface area contributed by atoms with Crippen LogP contribution >= 0.6 is 0 Å². The molecule has 1 rings (SSSR count). The molecule has 0 unspecified atom stereocenters. The predicted octanol–water partition coefficient (Wildman–Crippen LogP) is 1.52. The normalized spacial score (nSPS) is 11.1. The molecule has 0 saturated carbocycles. The number of aromatic nitrogens is 2. The van der Waals surface area contributed by atoms with Crippen LogP contribution in [0.4, 0.5) is 0 Å². The molecule has 0 aromatic carbocycles. The molecular weight excluding hydrogens is 220 g/mol. The minimum Gasteiger partial charge on any atom is -0.460 e. The van der Waals surface area contributed by atoms with E-state index in [2.05, 4.69) is 14.7 Å². The number of esters is 1. The Morgan fingerprint density at radius 1 is 1.24 bits per heavy atom. The molecule has 1 aromatic rings. The first-order valence-corrected chi connectivity index (χ1v) is 5.40. The van der Waals surface area contributed by atoms with Gasteiger partial charge in [0.2, 0.25) is 0 Å². The molecule has 1 aromatic heterocycles. The van der Waals surface area contributed by atoms with Crippen LogP contribution in [0.1, 0.15) is 43.9 Å². The molecule has 5 nitrogen and oxygen atoms in total. The van der Waals surface area contributed by atoms with Crippen LogP contribution in [-0.4, -0.2) is 28.3 Å². The highest BCUT2D eigenvalue weighted by atomic mass is 16.5. The Kier molecular flexibility index (Phi) is 3.93. The van der Waals surface area contributed by atoms with E-state index in [-0.39, 0.29) is 17.6 Å². The van der Waals surface area contributed by atoms with Gasteiger partial charge in [-0.1, -0.05) is 20.8 Å². The van der Waals surface area contributed by atoms with Crippen LogP contribution in [0.5, 0.6) is 0 Å². The lowest BCUT2D eigenvalue weighted by molar-refractivity contribution is -0.137. The highest BCUT2D eigenvalue weighted by Crippen LogP contribution is 2.17. The third-order valence-corrected chi connectivity index (χ3v) is 2.05. The van der Waals surface area contributed by atoms with E-state index >= 15 is 0 Å². The van der Waals surface area contributed by atoms with Gasteiger partial charge in [0, 0.05) is 17.8 Å². The minimum atomic E-state index is -0.875. The van der Waals surface area contributed by atoms with E-state index in [0.717, 1.165) is 0 Å². The maximum atomic E-state index is 11.5. The van der Waals surface area contributed by atoms with Crippen molar-refractivity contribution in [3.05, 3.63) is 23.8 Å². The van der Waals surface area contributed by atoms with Gasteiger partial charge in [0.1, 0.15) is 5.82 Å². The summed E-state index contributed by atoms with van der Waals surface area (Å²) in [6, 6.07) is 0. The Hall–Kier alpha value is -1.78. The first-order chi connectivity index (χ1) is 7.86. The average Bonchev–Trinajstić information content (AvgIpc) is 2.27. The van der Waals surface area contributed by atoms with Crippen molar-refractivity contribution in [3.8, 4) is 0 Å². The first-order valence-electron chi connectivity index (χ1n) is 5.40. The summed E-state index contributed by atoms with van der Waals surface area (Å²) in [6.45, 7) is 7.72. The number of ether oxygens (including phenoxy) is 1. The summed E-state index contributed by atoms with van der Waals surface area (Å²) in [6.07, 6.45) is 2.71. The van der Waals surface area contributed by atoms with Crippen molar-refractivity contribution in [2.45, 2.75) is 33.1 Å². The monoisotopic (exact) mass is 236 g/mol. The molecule has 92 valence electrons. The molecule has 0 atom stereocenters. The second-order valence-electron chi connectivity index (χ2n) is 4.59. The number of hydrogen-bond acceptors (Lipinski definition) is 5. The SMILES string of the molecule is CCOC(=O)C(=O)c1cnc(C(C)(C)C)nc1. The second-order valence-corrected chi connectivity index (χ2v) is 4.59. The maximum Gasteiger partial charge on any atom is 0.379 e. The van der Waals surface area contributed by atoms with Crippen LogP contribution in [0.25, 0.3) is 0 Å². The molecule has 0 spiro atoms. The van der Waals surface area contributed by atoms with Crippen LogP contribution in [0.15, 0.2) is 12.4 Å². The highest BCUT2D eigenvalue weighted by molar-refractivity contribution is 6.40. The number of nitrogens with zero attached hydrogens (tertiary/aromatic N) is 2. The van der Waals surface area contributed by atoms with Crippen molar-refractivity contribution < 1.29 is 14.3 Å². The zero-order valence-electron chi connectivity index (χ0n) is 10.5. The fourth-order valence-corrected chi connectivity index (χ4v) is 1.15. The number of Topliss-reactive ketones (excluding diaryl/α,β-unsaturated/α-hetero) is 1. The van der Waals surface area contributed by atoms with Gasteiger partial charge in [-0.15, -0.1) is 0 Å². The lowest BCUT2D eigenvalue weighted by atomic mass is 9.96. The summed E-state index contributed by atoms with van der Waals surface area (Å²) >= 11 is 0. The van der Waals surface area contributed by atoms with E-state index in [1.54, 1.807) is 6.92 Å². The molecule has 0 bridgehead atoms. The zero-order chi connectivity index (χ0) is 13.1. The van der Waals surface area contributed by atoms with Crippen LogP contribution in [0.3, 0.4) is 0 Å². The molecule has 0 N–H and O–H groups in total. The molecule has 0 amide bonds. The average molecular weight is 236 g/mol. The minimum absolute atomic E-state index is 0.149. The largest absolute Gasteiger partial charge is 0.460 e. The van der Waals surface area contributed by atoms with Gasteiger partial charge in [0.15, 0.2) is 0 Å². The maximum absolute atomic E-state index is 11.5. The molecule has 0 aliphatic rings.